The summed E-state index contributed by atoms with van der Waals surface area (Å²) in [7, 11) is 0. The summed E-state index contributed by atoms with van der Waals surface area (Å²) >= 11 is 1.48. The number of carboxylic acid groups (broad SMARTS) is 1. The van der Waals surface area contributed by atoms with Gasteiger partial charge in [0.1, 0.15) is 6.04 Å². The Morgan fingerprint density at radius 2 is 1.95 bits per heavy atom. The lowest BCUT2D eigenvalue weighted by Gasteiger charge is -2.27. The van der Waals surface area contributed by atoms with Crippen LogP contribution >= 0.6 is 11.3 Å². The summed E-state index contributed by atoms with van der Waals surface area (Å²) in [6.45, 7) is 9.60. The number of nitrogens with one attached hydrogen (secondary N) is 1. The molecule has 1 aromatic heterocycles. The maximum atomic E-state index is 12.3. The number of thiophene rings is 1. The van der Waals surface area contributed by atoms with E-state index in [9.17, 15) is 14.7 Å². The van der Waals surface area contributed by atoms with Gasteiger partial charge in [0.25, 0.3) is 5.91 Å². The minimum atomic E-state index is -1.00. The fourth-order valence-corrected chi connectivity index (χ4v) is 3.43. The summed E-state index contributed by atoms with van der Waals surface area (Å²) < 4.78 is 0. The minimum Gasteiger partial charge on any atom is -0.480 e. The van der Waals surface area contributed by atoms with Crippen LogP contribution in [0.3, 0.4) is 0 Å². The lowest BCUT2D eigenvalue weighted by molar-refractivity contribution is -0.142. The number of rotatable bonds is 6. The van der Waals surface area contributed by atoms with E-state index in [-0.39, 0.29) is 5.91 Å². The Hall–Kier alpha value is -1.36. The number of hydrogen-bond donors (Lipinski definition) is 2. The van der Waals surface area contributed by atoms with Crippen LogP contribution in [-0.4, -0.2) is 23.0 Å². The summed E-state index contributed by atoms with van der Waals surface area (Å²) in [6.07, 6.45) is 2.89. The number of aliphatic carboxylic acids is 1. The first-order valence-electron chi connectivity index (χ1n) is 7.35. The largest absolute Gasteiger partial charge is 0.480 e. The zero-order valence-electron chi connectivity index (χ0n) is 13.4. The van der Waals surface area contributed by atoms with Gasteiger partial charge in [-0.3, -0.25) is 4.79 Å². The molecule has 0 aliphatic heterocycles. The van der Waals surface area contributed by atoms with Crippen LogP contribution in [0.5, 0.6) is 0 Å². The molecule has 1 atom stereocenters. The third-order valence-corrected chi connectivity index (χ3v) is 4.60. The van der Waals surface area contributed by atoms with Crippen molar-refractivity contribution in [3.05, 3.63) is 21.4 Å². The van der Waals surface area contributed by atoms with Crippen LogP contribution in [0.4, 0.5) is 0 Å². The molecule has 1 heterocycles. The van der Waals surface area contributed by atoms with E-state index in [1.807, 2.05) is 6.07 Å². The van der Waals surface area contributed by atoms with Gasteiger partial charge in [-0.05, 0) is 29.9 Å². The number of aryl methyl sites for hydroxylation is 2. The molecule has 0 aliphatic carbocycles. The smallest absolute Gasteiger partial charge is 0.326 e. The average molecular weight is 311 g/mol. The molecule has 1 rings (SSSR count). The maximum Gasteiger partial charge on any atom is 0.326 e. The molecule has 1 amide bonds. The molecule has 2 N–H and O–H groups in total. The van der Waals surface area contributed by atoms with Gasteiger partial charge in [-0.1, -0.05) is 41.0 Å². The first-order valence-corrected chi connectivity index (χ1v) is 8.17. The summed E-state index contributed by atoms with van der Waals surface area (Å²) in [6, 6.07) is 0.999. The van der Waals surface area contributed by atoms with Gasteiger partial charge in [-0.15, -0.1) is 11.3 Å². The number of carbonyl (C=O) groups is 2. The van der Waals surface area contributed by atoms with Crippen LogP contribution < -0.4 is 5.32 Å². The van der Waals surface area contributed by atoms with Gasteiger partial charge in [-0.25, -0.2) is 4.79 Å². The van der Waals surface area contributed by atoms with Crippen molar-refractivity contribution in [3.8, 4) is 0 Å². The van der Waals surface area contributed by atoms with Crippen LogP contribution in [0.2, 0.25) is 0 Å². The van der Waals surface area contributed by atoms with Gasteiger partial charge in [0, 0.05) is 4.88 Å². The Morgan fingerprint density at radius 1 is 1.33 bits per heavy atom. The Bertz CT molecular complexity index is 514. The van der Waals surface area contributed by atoms with Gasteiger partial charge < -0.3 is 10.4 Å². The molecule has 0 spiro atoms. The van der Waals surface area contributed by atoms with E-state index in [0.29, 0.717) is 4.88 Å². The molecule has 0 aliphatic rings. The van der Waals surface area contributed by atoms with E-state index >= 15 is 0 Å². The average Bonchev–Trinajstić information content (AvgIpc) is 2.77. The maximum absolute atomic E-state index is 12.3. The molecule has 0 unspecified atom stereocenters. The zero-order chi connectivity index (χ0) is 16.2. The Morgan fingerprint density at radius 3 is 2.38 bits per heavy atom. The lowest BCUT2D eigenvalue weighted by Crippen LogP contribution is -2.48. The molecule has 5 heteroatoms. The summed E-state index contributed by atoms with van der Waals surface area (Å²) in [5.74, 6) is -1.30. The van der Waals surface area contributed by atoms with Crippen LogP contribution in [0.25, 0.3) is 0 Å². The van der Waals surface area contributed by atoms with E-state index in [1.54, 1.807) is 20.8 Å². The zero-order valence-corrected chi connectivity index (χ0v) is 14.3. The van der Waals surface area contributed by atoms with E-state index in [0.717, 1.165) is 19.3 Å². The highest BCUT2D eigenvalue weighted by atomic mass is 32.1. The van der Waals surface area contributed by atoms with Crippen molar-refractivity contribution in [2.75, 3.05) is 0 Å². The van der Waals surface area contributed by atoms with E-state index < -0.39 is 17.4 Å². The van der Waals surface area contributed by atoms with Crippen molar-refractivity contribution in [2.45, 2.75) is 59.9 Å². The molecule has 1 aromatic rings. The fourth-order valence-electron chi connectivity index (χ4n) is 2.17. The third kappa shape index (κ3) is 4.56. The van der Waals surface area contributed by atoms with Gasteiger partial charge >= 0.3 is 5.97 Å². The monoisotopic (exact) mass is 311 g/mol. The Labute approximate surface area is 130 Å². The van der Waals surface area contributed by atoms with Gasteiger partial charge in [0.15, 0.2) is 0 Å². The number of carboxylic acids is 1. The summed E-state index contributed by atoms with van der Waals surface area (Å²) in [5.41, 5.74) is 0.660. The molecule has 0 saturated carbocycles. The van der Waals surface area contributed by atoms with Crippen molar-refractivity contribution < 1.29 is 14.7 Å². The lowest BCUT2D eigenvalue weighted by atomic mass is 9.87. The standard InChI is InChI=1S/C16H25NO3S/c1-6-8-11-10(7-2)9-12(21-11)14(18)17-13(15(19)20)16(3,4)5/h9,13H,6-8H2,1-5H3,(H,17,18)(H,19,20)/t13-/m0/s1. The summed E-state index contributed by atoms with van der Waals surface area (Å²) in [5, 5.41) is 11.9. The van der Waals surface area contributed by atoms with Gasteiger partial charge in [0.05, 0.1) is 4.88 Å². The molecule has 4 nitrogen and oxygen atoms in total. The molecule has 0 radical (unpaired) electrons. The molecular weight excluding hydrogens is 286 g/mol. The second-order valence-electron chi connectivity index (χ2n) is 6.27. The van der Waals surface area contributed by atoms with Crippen molar-refractivity contribution >= 4 is 23.2 Å². The second-order valence-corrected chi connectivity index (χ2v) is 7.41. The molecule has 21 heavy (non-hydrogen) atoms. The first kappa shape index (κ1) is 17.7. The fraction of sp³-hybridized carbons (Fsp3) is 0.625. The summed E-state index contributed by atoms with van der Waals surface area (Å²) in [4.78, 5) is 25.5. The topological polar surface area (TPSA) is 66.4 Å². The van der Waals surface area contributed by atoms with E-state index in [1.165, 1.54) is 21.8 Å². The van der Waals surface area contributed by atoms with Crippen LogP contribution in [0, 0.1) is 5.41 Å². The van der Waals surface area contributed by atoms with Crippen LogP contribution in [0.15, 0.2) is 6.07 Å². The third-order valence-electron chi connectivity index (χ3n) is 3.37. The molecule has 0 bridgehead atoms. The molecule has 118 valence electrons. The highest BCUT2D eigenvalue weighted by Gasteiger charge is 2.33. The van der Waals surface area contributed by atoms with Crippen LogP contribution in [-0.2, 0) is 17.6 Å². The van der Waals surface area contributed by atoms with Crippen molar-refractivity contribution in [1.29, 1.82) is 0 Å². The van der Waals surface area contributed by atoms with Gasteiger partial charge in [-0.2, -0.15) is 0 Å². The predicted molar refractivity (Wildman–Crippen MR) is 86.0 cm³/mol. The highest BCUT2D eigenvalue weighted by molar-refractivity contribution is 7.14. The van der Waals surface area contributed by atoms with Crippen molar-refractivity contribution in [2.24, 2.45) is 5.41 Å². The Kier molecular flexibility index (Phi) is 5.96. The number of carbonyl (C=O) groups excluding carboxylic acids is 1. The van der Waals surface area contributed by atoms with Gasteiger partial charge in [0.2, 0.25) is 0 Å². The Balaban J connectivity index is 2.95. The SMILES string of the molecule is CCCc1sc(C(=O)N[C@@H](C(=O)O)C(C)(C)C)cc1CC. The highest BCUT2D eigenvalue weighted by Crippen LogP contribution is 2.26. The minimum absolute atomic E-state index is 0.292. The first-order chi connectivity index (χ1) is 9.70. The number of hydrogen-bond acceptors (Lipinski definition) is 3. The molecular formula is C16H25NO3S. The molecule has 0 saturated heterocycles. The van der Waals surface area contributed by atoms with E-state index in [2.05, 4.69) is 19.2 Å². The van der Waals surface area contributed by atoms with Crippen molar-refractivity contribution in [3.63, 3.8) is 0 Å². The van der Waals surface area contributed by atoms with E-state index in [4.69, 9.17) is 0 Å². The quantitative estimate of drug-likeness (QED) is 0.845. The normalized spacial score (nSPS) is 13.0. The van der Waals surface area contributed by atoms with Crippen molar-refractivity contribution in [1.82, 2.24) is 5.32 Å². The molecule has 0 aromatic carbocycles. The molecule has 0 fully saturated rings. The second kappa shape index (κ2) is 7.07. The number of amides is 1. The predicted octanol–water partition coefficient (Wildman–Crippen LogP) is 3.49. The van der Waals surface area contributed by atoms with Crippen LogP contribution in [0.1, 0.15) is 61.2 Å².